The molecule has 1 aliphatic heterocycles. The molecule has 0 unspecified atom stereocenters. The molecule has 0 bridgehead atoms. The molecule has 2 rings (SSSR count). The SMILES string of the molecule is C[C@]12CCC[C@H]1OCC2. The van der Waals surface area contributed by atoms with Crippen LogP contribution in [0.1, 0.15) is 32.6 Å². The largest absolute Gasteiger partial charge is 0.378 e. The van der Waals surface area contributed by atoms with E-state index >= 15 is 0 Å². The van der Waals surface area contributed by atoms with E-state index < -0.39 is 0 Å². The van der Waals surface area contributed by atoms with Gasteiger partial charge in [0.25, 0.3) is 0 Å². The van der Waals surface area contributed by atoms with Crippen LogP contribution in [-0.2, 0) is 4.74 Å². The summed E-state index contributed by atoms with van der Waals surface area (Å²) in [5, 5.41) is 0. The van der Waals surface area contributed by atoms with Gasteiger partial charge in [-0.15, -0.1) is 0 Å². The van der Waals surface area contributed by atoms with Gasteiger partial charge in [0.2, 0.25) is 0 Å². The molecule has 0 spiro atoms. The molecule has 2 atom stereocenters. The third-order valence-electron chi connectivity index (χ3n) is 2.98. The zero-order chi connectivity index (χ0) is 6.32. The van der Waals surface area contributed by atoms with Gasteiger partial charge in [-0.1, -0.05) is 13.3 Å². The standard InChI is InChI=1S/C8H14O/c1-8-4-2-3-7(8)9-6-5-8/h7H,2-6H2,1H3/t7-,8-/m1/s1. The summed E-state index contributed by atoms with van der Waals surface area (Å²) in [7, 11) is 0. The van der Waals surface area contributed by atoms with Gasteiger partial charge in [0.15, 0.2) is 0 Å². The highest BCUT2D eigenvalue weighted by Crippen LogP contribution is 2.46. The van der Waals surface area contributed by atoms with Crippen molar-refractivity contribution in [2.24, 2.45) is 5.41 Å². The van der Waals surface area contributed by atoms with Crippen molar-refractivity contribution < 1.29 is 4.74 Å². The smallest absolute Gasteiger partial charge is 0.0629 e. The van der Waals surface area contributed by atoms with Gasteiger partial charge in [0.05, 0.1) is 6.10 Å². The first-order valence-electron chi connectivity index (χ1n) is 3.93. The van der Waals surface area contributed by atoms with Gasteiger partial charge in [-0.25, -0.2) is 0 Å². The second-order valence-corrected chi connectivity index (χ2v) is 3.66. The third kappa shape index (κ3) is 0.710. The molecule has 2 fully saturated rings. The second-order valence-electron chi connectivity index (χ2n) is 3.66. The van der Waals surface area contributed by atoms with E-state index in [1.54, 1.807) is 0 Å². The average Bonchev–Trinajstić information content (AvgIpc) is 2.22. The number of fused-ring (bicyclic) bond motifs is 1. The van der Waals surface area contributed by atoms with Crippen LogP contribution in [-0.4, -0.2) is 12.7 Å². The lowest BCUT2D eigenvalue weighted by atomic mass is 9.86. The Kier molecular flexibility index (Phi) is 1.10. The minimum Gasteiger partial charge on any atom is -0.378 e. The Bertz CT molecular complexity index is 110. The van der Waals surface area contributed by atoms with E-state index in [0.29, 0.717) is 11.5 Å². The lowest BCUT2D eigenvalue weighted by molar-refractivity contribution is 0.0772. The number of hydrogen-bond donors (Lipinski definition) is 0. The van der Waals surface area contributed by atoms with Crippen LogP contribution in [0.4, 0.5) is 0 Å². The summed E-state index contributed by atoms with van der Waals surface area (Å²) >= 11 is 0. The lowest BCUT2D eigenvalue weighted by Gasteiger charge is -2.20. The maximum absolute atomic E-state index is 5.58. The molecule has 0 radical (unpaired) electrons. The van der Waals surface area contributed by atoms with Crippen molar-refractivity contribution in [1.29, 1.82) is 0 Å². The fraction of sp³-hybridized carbons (Fsp3) is 1.00. The van der Waals surface area contributed by atoms with E-state index in [4.69, 9.17) is 4.74 Å². The molecule has 1 saturated heterocycles. The predicted molar refractivity (Wildman–Crippen MR) is 36.3 cm³/mol. The molecule has 0 amide bonds. The first-order chi connectivity index (χ1) is 4.31. The van der Waals surface area contributed by atoms with Gasteiger partial charge < -0.3 is 4.74 Å². The van der Waals surface area contributed by atoms with Gasteiger partial charge in [-0.05, 0) is 24.7 Å². The molecule has 1 aliphatic carbocycles. The van der Waals surface area contributed by atoms with Gasteiger partial charge >= 0.3 is 0 Å². The topological polar surface area (TPSA) is 9.23 Å². The van der Waals surface area contributed by atoms with Crippen molar-refractivity contribution in [2.75, 3.05) is 6.61 Å². The molecule has 0 aromatic carbocycles. The Morgan fingerprint density at radius 2 is 2.33 bits per heavy atom. The van der Waals surface area contributed by atoms with E-state index in [0.717, 1.165) is 6.61 Å². The molecule has 0 N–H and O–H groups in total. The van der Waals surface area contributed by atoms with Crippen LogP contribution in [0.5, 0.6) is 0 Å². The monoisotopic (exact) mass is 126 g/mol. The molecule has 1 heteroatoms. The summed E-state index contributed by atoms with van der Waals surface area (Å²) < 4.78 is 5.58. The van der Waals surface area contributed by atoms with Gasteiger partial charge in [-0.3, -0.25) is 0 Å². The van der Waals surface area contributed by atoms with Crippen molar-refractivity contribution in [3.05, 3.63) is 0 Å². The molecule has 52 valence electrons. The van der Waals surface area contributed by atoms with Crippen LogP contribution in [0, 0.1) is 5.41 Å². The first-order valence-corrected chi connectivity index (χ1v) is 3.93. The molecule has 1 nitrogen and oxygen atoms in total. The summed E-state index contributed by atoms with van der Waals surface area (Å²) in [5.74, 6) is 0. The Labute approximate surface area is 56.4 Å². The molecular formula is C8H14O. The van der Waals surface area contributed by atoms with E-state index in [2.05, 4.69) is 6.92 Å². The van der Waals surface area contributed by atoms with Crippen LogP contribution in [0.25, 0.3) is 0 Å². The van der Waals surface area contributed by atoms with Gasteiger partial charge in [0.1, 0.15) is 0 Å². The minimum absolute atomic E-state index is 0.583. The predicted octanol–water partition coefficient (Wildman–Crippen LogP) is 1.97. The van der Waals surface area contributed by atoms with Crippen molar-refractivity contribution in [1.82, 2.24) is 0 Å². The summed E-state index contributed by atoms with van der Waals surface area (Å²) in [6.45, 7) is 3.39. The van der Waals surface area contributed by atoms with Crippen molar-refractivity contribution in [3.63, 3.8) is 0 Å². The average molecular weight is 126 g/mol. The zero-order valence-corrected chi connectivity index (χ0v) is 6.02. The summed E-state index contributed by atoms with van der Waals surface area (Å²) in [5.41, 5.74) is 0.583. The second kappa shape index (κ2) is 1.72. The fourth-order valence-corrected chi connectivity index (χ4v) is 2.21. The molecule has 0 aromatic heterocycles. The molecular weight excluding hydrogens is 112 g/mol. The van der Waals surface area contributed by atoms with Crippen LogP contribution in [0.2, 0.25) is 0 Å². The number of ether oxygens (including phenoxy) is 1. The fourth-order valence-electron chi connectivity index (χ4n) is 2.21. The van der Waals surface area contributed by atoms with Crippen molar-refractivity contribution >= 4 is 0 Å². The lowest BCUT2D eigenvalue weighted by Crippen LogP contribution is -2.20. The number of rotatable bonds is 0. The van der Waals surface area contributed by atoms with Crippen LogP contribution in [0.15, 0.2) is 0 Å². The summed E-state index contributed by atoms with van der Waals surface area (Å²) in [4.78, 5) is 0. The van der Waals surface area contributed by atoms with E-state index in [9.17, 15) is 0 Å². The molecule has 9 heavy (non-hydrogen) atoms. The van der Waals surface area contributed by atoms with Gasteiger partial charge in [0, 0.05) is 6.61 Å². The van der Waals surface area contributed by atoms with Crippen LogP contribution < -0.4 is 0 Å². The summed E-state index contributed by atoms with van der Waals surface area (Å²) in [6, 6.07) is 0. The molecule has 1 saturated carbocycles. The normalized spacial score (nSPS) is 49.7. The van der Waals surface area contributed by atoms with Crippen molar-refractivity contribution in [2.45, 2.75) is 38.7 Å². The molecule has 0 aromatic rings. The number of hydrogen-bond acceptors (Lipinski definition) is 1. The third-order valence-corrected chi connectivity index (χ3v) is 2.98. The quantitative estimate of drug-likeness (QED) is 0.482. The Morgan fingerprint density at radius 1 is 1.44 bits per heavy atom. The molecule has 1 heterocycles. The highest BCUT2D eigenvalue weighted by Gasteiger charge is 2.43. The van der Waals surface area contributed by atoms with Crippen LogP contribution in [0.3, 0.4) is 0 Å². The first kappa shape index (κ1) is 5.72. The Hall–Kier alpha value is -0.0400. The highest BCUT2D eigenvalue weighted by atomic mass is 16.5. The maximum atomic E-state index is 5.58. The van der Waals surface area contributed by atoms with E-state index in [1.807, 2.05) is 0 Å². The highest BCUT2D eigenvalue weighted by molar-refractivity contribution is 4.92. The molecule has 2 aliphatic rings. The Morgan fingerprint density at radius 3 is 3.11 bits per heavy atom. The maximum Gasteiger partial charge on any atom is 0.0629 e. The van der Waals surface area contributed by atoms with E-state index in [-0.39, 0.29) is 0 Å². The minimum atomic E-state index is 0.583. The van der Waals surface area contributed by atoms with E-state index in [1.165, 1.54) is 25.7 Å². The zero-order valence-electron chi connectivity index (χ0n) is 6.02. The summed E-state index contributed by atoms with van der Waals surface area (Å²) in [6.07, 6.45) is 6.03. The van der Waals surface area contributed by atoms with Gasteiger partial charge in [-0.2, -0.15) is 0 Å². The van der Waals surface area contributed by atoms with Crippen LogP contribution >= 0.6 is 0 Å². The Balaban J connectivity index is 2.17. The van der Waals surface area contributed by atoms with Crippen molar-refractivity contribution in [3.8, 4) is 0 Å².